The normalized spacial score (nSPS) is 18.8. The molecular weight excluding hydrogens is 552 g/mol. The van der Waals surface area contributed by atoms with Crippen molar-refractivity contribution < 1.29 is 47.8 Å². The molecule has 25 heavy (non-hydrogen) atoms. The Morgan fingerprint density at radius 2 is 1.92 bits per heavy atom. The number of amides is 3. The van der Waals surface area contributed by atoms with Crippen molar-refractivity contribution in [2.75, 3.05) is 20.2 Å². The molecule has 2 aliphatic heterocycles. The van der Waals surface area contributed by atoms with Crippen LogP contribution in [-0.4, -0.2) is 47.9 Å². The molecule has 2 fully saturated rings. The van der Waals surface area contributed by atoms with Crippen LogP contribution in [0.2, 0.25) is 0 Å². The summed E-state index contributed by atoms with van der Waals surface area (Å²) in [5.41, 5.74) is -0.0797. The molecule has 0 atom stereocenters. The van der Waals surface area contributed by atoms with Gasteiger partial charge in [-0.3, -0.25) is 19.2 Å². The molecule has 0 unspecified atom stereocenters. The lowest BCUT2D eigenvalue weighted by Crippen LogP contribution is -3.00. The maximum atomic E-state index is 12.5. The summed E-state index contributed by atoms with van der Waals surface area (Å²) in [6, 6.07) is 3.61. The predicted molar refractivity (Wildman–Crippen MR) is 94.1 cm³/mol. The van der Waals surface area contributed by atoms with E-state index < -0.39 is 5.41 Å². The van der Waals surface area contributed by atoms with Crippen molar-refractivity contribution in [3.05, 3.63) is 30.1 Å². The lowest BCUT2D eigenvalue weighted by atomic mass is 9.77. The number of aryl methyl sites for hydroxylation is 1. The van der Waals surface area contributed by atoms with E-state index in [1.54, 1.807) is 17.2 Å². The van der Waals surface area contributed by atoms with Crippen LogP contribution in [0.15, 0.2) is 24.5 Å². The lowest BCUT2D eigenvalue weighted by Gasteiger charge is -2.36. The van der Waals surface area contributed by atoms with E-state index in [9.17, 15) is 14.4 Å². The molecule has 1 aromatic rings. The van der Waals surface area contributed by atoms with Crippen molar-refractivity contribution in [2.45, 2.75) is 19.3 Å². The Kier molecular flexibility index (Phi) is 7.74. The van der Waals surface area contributed by atoms with E-state index in [2.05, 4.69) is 0 Å². The highest BCUT2D eigenvalue weighted by molar-refractivity contribution is 14.0. The van der Waals surface area contributed by atoms with Gasteiger partial charge in [0.2, 0.25) is 0 Å². The number of carbonyl (C=O) groups excluding carboxylic acids is 3. The number of hydrogen-bond donors (Lipinski definition) is 0. The first-order valence-electron chi connectivity index (χ1n) is 7.63. The van der Waals surface area contributed by atoms with E-state index in [0.717, 1.165) is 5.06 Å². The second kappa shape index (κ2) is 8.71. The van der Waals surface area contributed by atoms with Gasteiger partial charge in [-0.15, -0.1) is 24.0 Å². The van der Waals surface area contributed by atoms with Gasteiger partial charge in [0, 0.05) is 25.6 Å². The van der Waals surface area contributed by atoms with E-state index in [0.29, 0.717) is 31.5 Å². The van der Waals surface area contributed by atoms with Crippen LogP contribution in [0.1, 0.15) is 29.6 Å². The standard InChI is InChI=1S/C16H20N3O4.2HI/c1-17-7-3-4-12(11-17)14(21)18-8-5-16(6-9-18)10-13(20)19(23-2)15(16)22;;/h3-4,7,11H,5-6,8-10H2,1-2H3;2*1H/q+1;;/p-1. The summed E-state index contributed by atoms with van der Waals surface area (Å²) >= 11 is 0. The SMILES string of the molecule is CON1C(=O)CC2(CCN(C(=O)c3ccc[n+](C)c3)CC2)C1=O.I.[I-]. The third-order valence-corrected chi connectivity index (χ3v) is 4.73. The van der Waals surface area contributed by atoms with Crippen LogP contribution in [0.3, 0.4) is 0 Å². The van der Waals surface area contributed by atoms with Gasteiger partial charge in [-0.1, -0.05) is 0 Å². The Morgan fingerprint density at radius 1 is 1.28 bits per heavy atom. The van der Waals surface area contributed by atoms with E-state index >= 15 is 0 Å². The van der Waals surface area contributed by atoms with Crippen molar-refractivity contribution in [1.82, 2.24) is 9.96 Å². The maximum absolute atomic E-state index is 12.5. The van der Waals surface area contributed by atoms with Gasteiger partial charge in [0.1, 0.15) is 12.6 Å². The van der Waals surface area contributed by atoms with E-state index in [1.165, 1.54) is 7.11 Å². The zero-order valence-electron chi connectivity index (χ0n) is 14.1. The van der Waals surface area contributed by atoms with Crippen LogP contribution in [0.5, 0.6) is 0 Å². The number of hydrogen-bond acceptors (Lipinski definition) is 4. The molecule has 0 N–H and O–H groups in total. The molecule has 1 aromatic heterocycles. The van der Waals surface area contributed by atoms with Gasteiger partial charge in [0.25, 0.3) is 17.7 Å². The zero-order valence-corrected chi connectivity index (χ0v) is 18.6. The molecule has 1 spiro atoms. The van der Waals surface area contributed by atoms with Crippen LogP contribution in [-0.2, 0) is 21.5 Å². The molecule has 3 amide bonds. The highest BCUT2D eigenvalue weighted by atomic mass is 127. The molecule has 2 aliphatic rings. The Morgan fingerprint density at radius 3 is 2.44 bits per heavy atom. The third-order valence-electron chi connectivity index (χ3n) is 4.73. The first kappa shape index (κ1) is 22.2. The van der Waals surface area contributed by atoms with Crippen molar-refractivity contribution in [1.29, 1.82) is 0 Å². The average Bonchev–Trinajstić information content (AvgIpc) is 2.77. The van der Waals surface area contributed by atoms with Gasteiger partial charge in [-0.2, -0.15) is 5.06 Å². The van der Waals surface area contributed by atoms with Crippen molar-refractivity contribution >= 4 is 41.7 Å². The molecule has 0 bridgehead atoms. The number of hydroxylamine groups is 2. The van der Waals surface area contributed by atoms with Crippen LogP contribution >= 0.6 is 24.0 Å². The fraction of sp³-hybridized carbons (Fsp3) is 0.500. The number of aromatic nitrogens is 1. The van der Waals surface area contributed by atoms with Crippen molar-refractivity contribution in [3.8, 4) is 0 Å². The van der Waals surface area contributed by atoms with Crippen LogP contribution in [0, 0.1) is 5.41 Å². The van der Waals surface area contributed by atoms with E-state index in [1.807, 2.05) is 23.9 Å². The summed E-state index contributed by atoms with van der Waals surface area (Å²) in [6.45, 7) is 0.933. The Bertz CT molecular complexity index is 675. The smallest absolute Gasteiger partial charge is 0.260 e. The second-order valence-electron chi connectivity index (χ2n) is 6.18. The Balaban J connectivity index is 0.00000156. The van der Waals surface area contributed by atoms with Gasteiger partial charge in [0.05, 0.1) is 12.5 Å². The molecule has 0 aliphatic carbocycles. The fourth-order valence-corrected chi connectivity index (χ4v) is 3.38. The molecule has 3 heterocycles. The van der Waals surface area contributed by atoms with Crippen LogP contribution in [0.4, 0.5) is 0 Å². The summed E-state index contributed by atoms with van der Waals surface area (Å²) in [6.07, 6.45) is 4.79. The summed E-state index contributed by atoms with van der Waals surface area (Å²) < 4.78 is 1.83. The molecule has 7 nitrogen and oxygen atoms in total. The van der Waals surface area contributed by atoms with Gasteiger partial charge in [-0.25, -0.2) is 4.57 Å². The molecular formula is C16H21I2N3O4. The number of nitrogens with zero attached hydrogens (tertiary/aromatic N) is 3. The van der Waals surface area contributed by atoms with Crippen molar-refractivity contribution in [3.63, 3.8) is 0 Å². The van der Waals surface area contributed by atoms with Crippen LogP contribution < -0.4 is 28.5 Å². The van der Waals surface area contributed by atoms with Gasteiger partial charge in [0.15, 0.2) is 12.4 Å². The predicted octanol–water partition coefficient (Wildman–Crippen LogP) is -2.32. The first-order chi connectivity index (χ1) is 11.0. The molecule has 0 aromatic carbocycles. The quantitative estimate of drug-likeness (QED) is 0.227. The number of rotatable bonds is 2. The number of halogens is 2. The largest absolute Gasteiger partial charge is 1.00 e. The summed E-state index contributed by atoms with van der Waals surface area (Å²) in [7, 11) is 3.19. The second-order valence-corrected chi connectivity index (χ2v) is 6.18. The number of carbonyl (C=O) groups is 3. The first-order valence-corrected chi connectivity index (χ1v) is 7.63. The molecule has 2 saturated heterocycles. The maximum Gasteiger partial charge on any atom is 0.260 e. The van der Waals surface area contributed by atoms with E-state index in [4.69, 9.17) is 4.84 Å². The average molecular weight is 573 g/mol. The monoisotopic (exact) mass is 573 g/mol. The van der Waals surface area contributed by atoms with Crippen LogP contribution in [0.25, 0.3) is 0 Å². The summed E-state index contributed by atoms with van der Waals surface area (Å²) in [4.78, 5) is 43.4. The molecule has 9 heteroatoms. The van der Waals surface area contributed by atoms with Gasteiger partial charge < -0.3 is 28.9 Å². The fourth-order valence-electron chi connectivity index (χ4n) is 3.38. The van der Waals surface area contributed by atoms with Crippen molar-refractivity contribution in [2.24, 2.45) is 12.5 Å². The third kappa shape index (κ3) is 4.13. The Labute approximate surface area is 180 Å². The number of pyridine rings is 1. The lowest BCUT2D eigenvalue weighted by molar-refractivity contribution is -0.671. The van der Waals surface area contributed by atoms with E-state index in [-0.39, 0.29) is 72.1 Å². The molecule has 3 rings (SSSR count). The number of likely N-dealkylation sites (tertiary alicyclic amines) is 1. The highest BCUT2D eigenvalue weighted by Gasteiger charge is 2.53. The Hall–Kier alpha value is -0.820. The number of imide groups is 1. The molecule has 138 valence electrons. The topological polar surface area (TPSA) is 70.8 Å². The van der Waals surface area contributed by atoms with Gasteiger partial charge >= 0.3 is 0 Å². The minimum Gasteiger partial charge on any atom is -1.00 e. The minimum absolute atomic E-state index is 0. The summed E-state index contributed by atoms with van der Waals surface area (Å²) in [5, 5.41) is 0.856. The minimum atomic E-state index is -0.703. The number of piperidine rings is 1. The van der Waals surface area contributed by atoms with Gasteiger partial charge in [-0.05, 0) is 18.9 Å². The highest BCUT2D eigenvalue weighted by Crippen LogP contribution is 2.42. The summed E-state index contributed by atoms with van der Waals surface area (Å²) in [5.74, 6) is -0.619. The molecule has 0 saturated carbocycles. The molecule has 0 radical (unpaired) electrons. The zero-order chi connectivity index (χ0) is 16.6.